The molecule has 2 aromatic heterocycles. The lowest BCUT2D eigenvalue weighted by molar-refractivity contribution is 0.0970. The van der Waals surface area contributed by atoms with Gasteiger partial charge in [0.15, 0.2) is 5.43 Å². The summed E-state index contributed by atoms with van der Waals surface area (Å²) in [6.07, 6.45) is 1.98. The zero-order chi connectivity index (χ0) is 24.7. The van der Waals surface area contributed by atoms with Crippen LogP contribution in [0.15, 0.2) is 63.8 Å². The minimum atomic E-state index is -0.677. The molecule has 0 bridgehead atoms. The zero-order valence-electron chi connectivity index (χ0n) is 20.4. The highest BCUT2D eigenvalue weighted by molar-refractivity contribution is 6.10. The average molecular weight is 469 g/mol. The Kier molecular flexibility index (Phi) is 5.89. The van der Waals surface area contributed by atoms with Crippen LogP contribution in [0.2, 0.25) is 0 Å². The third kappa shape index (κ3) is 3.99. The van der Waals surface area contributed by atoms with Crippen molar-refractivity contribution in [2.75, 3.05) is 11.5 Å². The van der Waals surface area contributed by atoms with E-state index < -0.39 is 6.04 Å². The van der Waals surface area contributed by atoms with Crippen LogP contribution in [0.3, 0.4) is 0 Å². The normalized spacial score (nSPS) is 15.0. The fourth-order valence-electron chi connectivity index (χ4n) is 4.55. The molecule has 1 amide bonds. The van der Waals surface area contributed by atoms with Gasteiger partial charge in [-0.25, -0.2) is 4.98 Å². The third-order valence-corrected chi connectivity index (χ3v) is 6.55. The van der Waals surface area contributed by atoms with Gasteiger partial charge in [-0.15, -0.1) is 0 Å². The van der Waals surface area contributed by atoms with Crippen LogP contribution >= 0.6 is 0 Å². The Morgan fingerprint density at radius 1 is 1.00 bits per heavy atom. The van der Waals surface area contributed by atoms with Crippen LogP contribution in [0.25, 0.3) is 11.0 Å². The van der Waals surface area contributed by atoms with Gasteiger partial charge < -0.3 is 9.15 Å². The van der Waals surface area contributed by atoms with Gasteiger partial charge in [0.2, 0.25) is 5.76 Å². The molecule has 2 aromatic carbocycles. The maximum absolute atomic E-state index is 13.9. The van der Waals surface area contributed by atoms with Crippen molar-refractivity contribution in [1.82, 2.24) is 4.98 Å². The van der Waals surface area contributed by atoms with Crippen LogP contribution in [0.5, 0.6) is 5.75 Å². The number of nitrogens with zero attached hydrogens (tertiary/aromatic N) is 2. The number of anilines is 1. The van der Waals surface area contributed by atoms with E-state index in [9.17, 15) is 9.59 Å². The Morgan fingerprint density at radius 2 is 1.77 bits per heavy atom. The van der Waals surface area contributed by atoms with E-state index in [2.05, 4.69) is 11.9 Å². The minimum Gasteiger partial charge on any atom is -0.494 e. The highest BCUT2D eigenvalue weighted by Gasteiger charge is 2.44. The van der Waals surface area contributed by atoms with Gasteiger partial charge in [0, 0.05) is 5.69 Å². The van der Waals surface area contributed by atoms with Crippen molar-refractivity contribution in [2.24, 2.45) is 0 Å². The molecule has 4 aromatic rings. The van der Waals surface area contributed by atoms with Crippen LogP contribution in [0, 0.1) is 20.8 Å². The number of amides is 1. The van der Waals surface area contributed by atoms with Crippen LogP contribution in [0.4, 0.5) is 5.82 Å². The molecule has 5 rings (SSSR count). The van der Waals surface area contributed by atoms with Crippen molar-refractivity contribution in [3.63, 3.8) is 0 Å². The molecule has 3 heterocycles. The van der Waals surface area contributed by atoms with Crippen LogP contribution in [-0.4, -0.2) is 17.5 Å². The summed E-state index contributed by atoms with van der Waals surface area (Å²) in [7, 11) is 0. The van der Waals surface area contributed by atoms with E-state index in [1.165, 1.54) is 0 Å². The number of carbonyl (C=O) groups excluding carboxylic acids is 1. The molecule has 1 aliphatic rings. The zero-order valence-corrected chi connectivity index (χ0v) is 20.4. The fourth-order valence-corrected chi connectivity index (χ4v) is 4.55. The second kappa shape index (κ2) is 9.02. The molecule has 0 saturated heterocycles. The number of unbranched alkanes of at least 4 members (excludes halogenated alkanes) is 1. The van der Waals surface area contributed by atoms with Gasteiger partial charge in [-0.05, 0) is 80.3 Å². The van der Waals surface area contributed by atoms with Gasteiger partial charge in [-0.3, -0.25) is 14.5 Å². The number of pyridine rings is 1. The molecular weight excluding hydrogens is 440 g/mol. The molecule has 1 aliphatic heterocycles. The third-order valence-electron chi connectivity index (χ3n) is 6.55. The number of benzene rings is 2. The van der Waals surface area contributed by atoms with Gasteiger partial charge in [-0.1, -0.05) is 31.5 Å². The van der Waals surface area contributed by atoms with Crippen molar-refractivity contribution in [3.8, 4) is 5.75 Å². The predicted octanol–water partition coefficient (Wildman–Crippen LogP) is 6.04. The number of hydrogen-bond acceptors (Lipinski definition) is 5. The number of fused-ring (bicyclic) bond motifs is 2. The molecule has 6 nitrogen and oxygen atoms in total. The maximum atomic E-state index is 13.9. The summed E-state index contributed by atoms with van der Waals surface area (Å²) < 4.78 is 12.1. The number of aryl methyl sites for hydroxylation is 3. The SMILES string of the molecule is CCCCOc1cccc(C2c3c(oc4cc(C)c(C)cc4c3=O)C(=O)N2c2cccc(C)n2)c1. The number of aromatic nitrogens is 1. The highest BCUT2D eigenvalue weighted by atomic mass is 16.5. The Hall–Kier alpha value is -3.93. The van der Waals surface area contributed by atoms with Crippen LogP contribution in [0.1, 0.15) is 64.3 Å². The first-order valence-electron chi connectivity index (χ1n) is 12.0. The van der Waals surface area contributed by atoms with E-state index in [1.54, 1.807) is 11.0 Å². The summed E-state index contributed by atoms with van der Waals surface area (Å²) in [5, 5.41) is 0.471. The fraction of sp³-hybridized carbons (Fsp3) is 0.276. The first-order valence-corrected chi connectivity index (χ1v) is 12.0. The Balaban J connectivity index is 1.74. The molecule has 0 spiro atoms. The maximum Gasteiger partial charge on any atom is 0.296 e. The van der Waals surface area contributed by atoms with E-state index in [0.717, 1.165) is 35.2 Å². The lowest BCUT2D eigenvalue weighted by atomic mass is 9.97. The van der Waals surface area contributed by atoms with E-state index >= 15 is 0 Å². The molecule has 0 radical (unpaired) electrons. The number of ether oxygens (including phenoxy) is 1. The topological polar surface area (TPSA) is 72.6 Å². The first kappa shape index (κ1) is 22.8. The number of rotatable bonds is 6. The second-order valence-electron chi connectivity index (χ2n) is 9.10. The van der Waals surface area contributed by atoms with Gasteiger partial charge in [0.05, 0.1) is 23.6 Å². The van der Waals surface area contributed by atoms with Gasteiger partial charge in [0.1, 0.15) is 17.2 Å². The van der Waals surface area contributed by atoms with Crippen molar-refractivity contribution >= 4 is 22.7 Å². The van der Waals surface area contributed by atoms with E-state index in [-0.39, 0.29) is 17.1 Å². The lowest BCUT2D eigenvalue weighted by Crippen LogP contribution is -2.30. The molecule has 0 N–H and O–H groups in total. The molecule has 1 unspecified atom stereocenters. The molecule has 0 fully saturated rings. The summed E-state index contributed by atoms with van der Waals surface area (Å²) in [6.45, 7) is 8.51. The largest absolute Gasteiger partial charge is 0.494 e. The minimum absolute atomic E-state index is 0.0661. The average Bonchev–Trinajstić information content (AvgIpc) is 3.13. The van der Waals surface area contributed by atoms with Crippen molar-refractivity contribution in [3.05, 3.63) is 98.5 Å². The summed E-state index contributed by atoms with van der Waals surface area (Å²) in [6, 6.07) is 16.1. The summed E-state index contributed by atoms with van der Waals surface area (Å²) in [5.41, 5.74) is 4.09. The van der Waals surface area contributed by atoms with E-state index in [0.29, 0.717) is 34.7 Å². The Labute approximate surface area is 204 Å². The summed E-state index contributed by atoms with van der Waals surface area (Å²) >= 11 is 0. The van der Waals surface area contributed by atoms with E-state index in [1.807, 2.05) is 69.3 Å². The highest BCUT2D eigenvalue weighted by Crippen LogP contribution is 2.41. The van der Waals surface area contributed by atoms with Crippen molar-refractivity contribution in [1.29, 1.82) is 0 Å². The molecule has 35 heavy (non-hydrogen) atoms. The van der Waals surface area contributed by atoms with Gasteiger partial charge >= 0.3 is 0 Å². The molecule has 6 heteroatoms. The van der Waals surface area contributed by atoms with E-state index in [4.69, 9.17) is 9.15 Å². The monoisotopic (exact) mass is 468 g/mol. The second-order valence-corrected chi connectivity index (χ2v) is 9.10. The smallest absolute Gasteiger partial charge is 0.296 e. The Bertz CT molecular complexity index is 1500. The van der Waals surface area contributed by atoms with Gasteiger partial charge in [-0.2, -0.15) is 0 Å². The quantitative estimate of drug-likeness (QED) is 0.323. The number of carbonyl (C=O) groups is 1. The predicted molar refractivity (Wildman–Crippen MR) is 136 cm³/mol. The molecule has 0 saturated carbocycles. The molecule has 1 atom stereocenters. The van der Waals surface area contributed by atoms with Crippen molar-refractivity contribution < 1.29 is 13.9 Å². The molecule has 0 aliphatic carbocycles. The number of hydrogen-bond donors (Lipinski definition) is 0. The molecule has 178 valence electrons. The lowest BCUT2D eigenvalue weighted by Gasteiger charge is -2.24. The van der Waals surface area contributed by atoms with Crippen LogP contribution < -0.4 is 15.1 Å². The summed E-state index contributed by atoms with van der Waals surface area (Å²) in [4.78, 5) is 33.8. The van der Waals surface area contributed by atoms with Gasteiger partial charge in [0.25, 0.3) is 5.91 Å². The standard InChI is InChI=1S/C29H28N2O4/c1-5-6-13-34-21-11-8-10-20(16-21)26-25-27(32)22-14-17(2)18(3)15-23(22)35-28(25)29(33)31(26)24-12-7-9-19(4)30-24/h7-12,14-16,26H,5-6,13H2,1-4H3. The Morgan fingerprint density at radius 3 is 2.54 bits per heavy atom. The van der Waals surface area contributed by atoms with Crippen molar-refractivity contribution in [2.45, 2.75) is 46.6 Å². The van der Waals surface area contributed by atoms with Crippen LogP contribution in [-0.2, 0) is 0 Å². The molecular formula is C29H28N2O4. The first-order chi connectivity index (χ1) is 16.9. The summed E-state index contributed by atoms with van der Waals surface area (Å²) in [5.74, 6) is 0.860.